The first kappa shape index (κ1) is 20.9. The van der Waals surface area contributed by atoms with Gasteiger partial charge in [-0.15, -0.1) is 0 Å². The molecule has 2 aromatic carbocycles. The normalized spacial score (nSPS) is 11.3. The Balaban J connectivity index is 1.78. The van der Waals surface area contributed by atoms with Gasteiger partial charge in [-0.2, -0.15) is 0 Å². The third kappa shape index (κ3) is 6.11. The first-order chi connectivity index (χ1) is 13.4. The fourth-order valence-corrected chi connectivity index (χ4v) is 2.06. The molecule has 0 aliphatic heterocycles. The van der Waals surface area contributed by atoms with Gasteiger partial charge in [0.05, 0.1) is 6.61 Å². The summed E-state index contributed by atoms with van der Waals surface area (Å²) in [4.78, 5) is 23.8. The molecular formula is C19H20F2N2O5. The van der Waals surface area contributed by atoms with Crippen LogP contribution in [0.3, 0.4) is 0 Å². The van der Waals surface area contributed by atoms with Gasteiger partial charge in [0.1, 0.15) is 5.75 Å². The molecule has 0 aromatic heterocycles. The number of ether oxygens (including phenoxy) is 3. The number of halogens is 2. The van der Waals surface area contributed by atoms with Gasteiger partial charge in [-0.25, -0.2) is 8.78 Å². The first-order valence-corrected chi connectivity index (χ1v) is 8.45. The molecule has 28 heavy (non-hydrogen) atoms. The van der Waals surface area contributed by atoms with E-state index in [-0.39, 0.29) is 12.4 Å². The topological polar surface area (TPSA) is 85.9 Å². The van der Waals surface area contributed by atoms with Crippen LogP contribution in [0, 0.1) is 11.6 Å². The van der Waals surface area contributed by atoms with Gasteiger partial charge in [-0.3, -0.25) is 20.4 Å². The highest BCUT2D eigenvalue weighted by atomic mass is 19.2. The molecule has 0 aliphatic rings. The van der Waals surface area contributed by atoms with Crippen molar-refractivity contribution in [1.29, 1.82) is 0 Å². The standard InChI is InChI=1S/C19H20F2N2O5/c1-3-26-16-6-4-5-7-17(16)27-11-18(24)22-23-19(25)12(2)28-13-8-9-14(20)15(21)10-13/h4-10,12H,3,11H2,1-2H3,(H,22,24)(H,23,25). The van der Waals surface area contributed by atoms with Crippen molar-refractivity contribution in [3.63, 3.8) is 0 Å². The average Bonchev–Trinajstić information content (AvgIpc) is 2.68. The lowest BCUT2D eigenvalue weighted by Crippen LogP contribution is -2.48. The van der Waals surface area contributed by atoms with Crippen LogP contribution in [-0.2, 0) is 9.59 Å². The molecular weight excluding hydrogens is 374 g/mol. The summed E-state index contributed by atoms with van der Waals surface area (Å²) >= 11 is 0. The number of hydrogen-bond donors (Lipinski definition) is 2. The fraction of sp³-hybridized carbons (Fsp3) is 0.263. The Labute approximate surface area is 160 Å². The molecule has 1 atom stereocenters. The van der Waals surface area contributed by atoms with Crippen LogP contribution in [0.4, 0.5) is 8.78 Å². The third-order valence-corrected chi connectivity index (χ3v) is 3.41. The van der Waals surface area contributed by atoms with Gasteiger partial charge >= 0.3 is 0 Å². The predicted octanol–water partition coefficient (Wildman–Crippen LogP) is 2.36. The number of carbonyl (C=O) groups excluding carboxylic acids is 2. The summed E-state index contributed by atoms with van der Waals surface area (Å²) in [5.41, 5.74) is 4.33. The van der Waals surface area contributed by atoms with E-state index in [2.05, 4.69) is 10.9 Å². The Bertz CT molecular complexity index is 832. The third-order valence-electron chi connectivity index (χ3n) is 3.41. The first-order valence-electron chi connectivity index (χ1n) is 8.45. The molecule has 7 nitrogen and oxygen atoms in total. The molecule has 0 radical (unpaired) electrons. The average molecular weight is 394 g/mol. The summed E-state index contributed by atoms with van der Waals surface area (Å²) in [6.45, 7) is 3.29. The summed E-state index contributed by atoms with van der Waals surface area (Å²) in [5, 5.41) is 0. The quantitative estimate of drug-likeness (QED) is 0.672. The highest BCUT2D eigenvalue weighted by Crippen LogP contribution is 2.26. The van der Waals surface area contributed by atoms with Crippen molar-refractivity contribution < 1.29 is 32.6 Å². The SMILES string of the molecule is CCOc1ccccc1OCC(=O)NNC(=O)C(C)Oc1ccc(F)c(F)c1. The molecule has 2 N–H and O–H groups in total. The molecule has 0 fully saturated rings. The Hall–Kier alpha value is -3.36. The minimum atomic E-state index is -1.09. The number of carbonyl (C=O) groups is 2. The number of para-hydroxylation sites is 2. The maximum absolute atomic E-state index is 13.2. The van der Waals surface area contributed by atoms with Crippen LogP contribution in [0.2, 0.25) is 0 Å². The van der Waals surface area contributed by atoms with Gasteiger partial charge in [0.25, 0.3) is 11.8 Å². The molecule has 0 saturated carbocycles. The second kappa shape index (κ2) is 10.1. The molecule has 2 rings (SSSR count). The monoisotopic (exact) mass is 394 g/mol. The molecule has 0 saturated heterocycles. The number of hydrazine groups is 1. The maximum atomic E-state index is 13.2. The van der Waals surface area contributed by atoms with Crippen LogP contribution in [0.1, 0.15) is 13.8 Å². The lowest BCUT2D eigenvalue weighted by atomic mass is 10.3. The molecule has 2 amide bonds. The second-order valence-electron chi connectivity index (χ2n) is 5.54. The zero-order valence-electron chi connectivity index (χ0n) is 15.3. The molecule has 0 spiro atoms. The zero-order valence-corrected chi connectivity index (χ0v) is 15.3. The number of benzene rings is 2. The molecule has 1 unspecified atom stereocenters. The van der Waals surface area contributed by atoms with E-state index >= 15 is 0 Å². The van der Waals surface area contributed by atoms with Crippen LogP contribution in [0.15, 0.2) is 42.5 Å². The van der Waals surface area contributed by atoms with Crippen LogP contribution in [0.5, 0.6) is 17.2 Å². The van der Waals surface area contributed by atoms with E-state index in [0.717, 1.165) is 12.1 Å². The summed E-state index contributed by atoms with van der Waals surface area (Å²) in [5.74, 6) is -2.56. The summed E-state index contributed by atoms with van der Waals surface area (Å²) in [7, 11) is 0. The fourth-order valence-electron chi connectivity index (χ4n) is 2.06. The van der Waals surface area contributed by atoms with Crippen molar-refractivity contribution in [2.24, 2.45) is 0 Å². The number of rotatable bonds is 8. The van der Waals surface area contributed by atoms with Crippen molar-refractivity contribution in [1.82, 2.24) is 10.9 Å². The van der Waals surface area contributed by atoms with E-state index in [1.165, 1.54) is 13.0 Å². The van der Waals surface area contributed by atoms with E-state index < -0.39 is 29.6 Å². The van der Waals surface area contributed by atoms with E-state index in [1.807, 2.05) is 6.92 Å². The maximum Gasteiger partial charge on any atom is 0.279 e. The molecule has 0 bridgehead atoms. The van der Waals surface area contributed by atoms with Crippen LogP contribution >= 0.6 is 0 Å². The van der Waals surface area contributed by atoms with E-state index in [9.17, 15) is 18.4 Å². The molecule has 0 heterocycles. The zero-order chi connectivity index (χ0) is 20.5. The number of amides is 2. The van der Waals surface area contributed by atoms with E-state index in [0.29, 0.717) is 18.1 Å². The minimum absolute atomic E-state index is 0.0243. The highest BCUT2D eigenvalue weighted by molar-refractivity contribution is 5.85. The predicted molar refractivity (Wildman–Crippen MR) is 95.8 cm³/mol. The lowest BCUT2D eigenvalue weighted by Gasteiger charge is -2.15. The Morgan fingerprint density at radius 1 is 1.00 bits per heavy atom. The van der Waals surface area contributed by atoms with Gasteiger partial charge in [0, 0.05) is 6.07 Å². The van der Waals surface area contributed by atoms with Crippen LogP contribution in [0.25, 0.3) is 0 Å². The Kier molecular flexibility index (Phi) is 7.55. The van der Waals surface area contributed by atoms with E-state index in [4.69, 9.17) is 14.2 Å². The van der Waals surface area contributed by atoms with Crippen molar-refractivity contribution in [3.05, 3.63) is 54.1 Å². The number of nitrogens with one attached hydrogen (secondary N) is 2. The minimum Gasteiger partial charge on any atom is -0.490 e. The van der Waals surface area contributed by atoms with Gasteiger partial charge in [0.15, 0.2) is 35.8 Å². The molecule has 0 aliphatic carbocycles. The summed E-state index contributed by atoms with van der Waals surface area (Å²) < 4.78 is 42.0. The highest BCUT2D eigenvalue weighted by Gasteiger charge is 2.16. The molecule has 2 aromatic rings. The largest absolute Gasteiger partial charge is 0.490 e. The second-order valence-corrected chi connectivity index (χ2v) is 5.54. The summed E-state index contributed by atoms with van der Waals surface area (Å²) in [6, 6.07) is 9.74. The smallest absolute Gasteiger partial charge is 0.279 e. The number of hydrogen-bond acceptors (Lipinski definition) is 5. The van der Waals surface area contributed by atoms with Gasteiger partial charge in [-0.05, 0) is 38.1 Å². The van der Waals surface area contributed by atoms with Crippen LogP contribution < -0.4 is 25.1 Å². The van der Waals surface area contributed by atoms with Gasteiger partial charge in [-0.1, -0.05) is 12.1 Å². The molecule has 150 valence electrons. The van der Waals surface area contributed by atoms with Crippen LogP contribution in [-0.4, -0.2) is 31.1 Å². The summed E-state index contributed by atoms with van der Waals surface area (Å²) in [6.07, 6.45) is -1.07. The van der Waals surface area contributed by atoms with Gasteiger partial charge in [0.2, 0.25) is 0 Å². The molecule has 9 heteroatoms. The van der Waals surface area contributed by atoms with Crippen molar-refractivity contribution >= 4 is 11.8 Å². The Morgan fingerprint density at radius 2 is 1.68 bits per heavy atom. The van der Waals surface area contributed by atoms with Gasteiger partial charge < -0.3 is 14.2 Å². The Morgan fingerprint density at radius 3 is 2.32 bits per heavy atom. The van der Waals surface area contributed by atoms with Crippen molar-refractivity contribution in [2.45, 2.75) is 20.0 Å². The van der Waals surface area contributed by atoms with Crippen molar-refractivity contribution in [2.75, 3.05) is 13.2 Å². The van der Waals surface area contributed by atoms with Crippen molar-refractivity contribution in [3.8, 4) is 17.2 Å². The lowest BCUT2D eigenvalue weighted by molar-refractivity contribution is -0.133. The van der Waals surface area contributed by atoms with E-state index in [1.54, 1.807) is 24.3 Å².